The van der Waals surface area contributed by atoms with E-state index in [1.54, 1.807) is 12.1 Å². The monoisotopic (exact) mass is 383 g/mol. The Hall–Kier alpha value is -3.88. The molecule has 1 saturated heterocycles. The maximum atomic E-state index is 12.9. The van der Waals surface area contributed by atoms with Crippen LogP contribution in [0.25, 0.3) is 6.08 Å². The number of methoxy groups -OCH3 is 3. The Kier molecular flexibility index (Phi) is 5.25. The zero-order chi connectivity index (χ0) is 20.3. The number of carbonyl (C=O) groups excluding carboxylic acids is 3. The van der Waals surface area contributed by atoms with Crippen molar-refractivity contribution in [3.63, 3.8) is 0 Å². The molecule has 3 rings (SSSR count). The molecule has 4 amide bonds. The van der Waals surface area contributed by atoms with Gasteiger partial charge in [0, 0.05) is 24.0 Å². The van der Waals surface area contributed by atoms with Crippen molar-refractivity contribution in [1.29, 1.82) is 0 Å². The number of hydrogen-bond acceptors (Lipinski definition) is 7. The lowest BCUT2D eigenvalue weighted by molar-refractivity contribution is -0.122. The molecule has 0 saturated carbocycles. The lowest BCUT2D eigenvalue weighted by atomic mass is 10.1. The van der Waals surface area contributed by atoms with Gasteiger partial charge >= 0.3 is 6.03 Å². The molecule has 0 spiro atoms. The number of rotatable bonds is 5. The van der Waals surface area contributed by atoms with Crippen LogP contribution in [-0.2, 0) is 9.59 Å². The van der Waals surface area contributed by atoms with Crippen LogP contribution in [0.5, 0.6) is 17.2 Å². The minimum atomic E-state index is -0.836. The van der Waals surface area contributed by atoms with Gasteiger partial charge in [0.25, 0.3) is 11.8 Å². The van der Waals surface area contributed by atoms with Crippen LogP contribution in [-0.4, -0.2) is 44.2 Å². The topological polar surface area (TPSA) is 107 Å². The van der Waals surface area contributed by atoms with Crippen molar-refractivity contribution in [2.24, 2.45) is 0 Å². The Morgan fingerprint density at radius 2 is 1.54 bits per heavy atom. The maximum Gasteiger partial charge on any atom is 0.335 e. The number of hydrogen-bond donors (Lipinski definition) is 1. The molecule has 0 aliphatic carbocycles. The molecule has 2 heterocycles. The van der Waals surface area contributed by atoms with Gasteiger partial charge in [-0.25, -0.2) is 9.69 Å². The highest BCUT2D eigenvalue weighted by Crippen LogP contribution is 2.36. The molecule has 1 aromatic carbocycles. The van der Waals surface area contributed by atoms with E-state index in [4.69, 9.17) is 14.2 Å². The predicted molar refractivity (Wildman–Crippen MR) is 99.3 cm³/mol. The molecule has 1 aliphatic heterocycles. The molecule has 1 N–H and O–H groups in total. The predicted octanol–water partition coefficient (Wildman–Crippen LogP) is 1.77. The molecule has 1 aliphatic rings. The van der Waals surface area contributed by atoms with Gasteiger partial charge in [-0.1, -0.05) is 0 Å². The Bertz CT molecular complexity index is 971. The summed E-state index contributed by atoms with van der Waals surface area (Å²) in [5.41, 5.74) is 0.458. The van der Waals surface area contributed by atoms with E-state index in [1.807, 2.05) is 0 Å². The largest absolute Gasteiger partial charge is 0.496 e. The third-order valence-electron chi connectivity index (χ3n) is 4.06. The first-order valence-electron chi connectivity index (χ1n) is 8.11. The van der Waals surface area contributed by atoms with Crippen LogP contribution in [0.15, 0.2) is 42.2 Å². The van der Waals surface area contributed by atoms with Crippen molar-refractivity contribution in [2.75, 3.05) is 26.2 Å². The molecule has 144 valence electrons. The molecule has 0 unspecified atom stereocenters. The summed E-state index contributed by atoms with van der Waals surface area (Å²) in [6, 6.07) is 5.28. The first-order valence-corrected chi connectivity index (χ1v) is 8.11. The van der Waals surface area contributed by atoms with Gasteiger partial charge in [-0.2, -0.15) is 0 Å². The third-order valence-corrected chi connectivity index (χ3v) is 4.06. The fourth-order valence-corrected chi connectivity index (χ4v) is 2.71. The summed E-state index contributed by atoms with van der Waals surface area (Å²) in [6.07, 6.45) is 4.21. The minimum Gasteiger partial charge on any atom is -0.496 e. The number of benzene rings is 1. The molecule has 1 aromatic heterocycles. The normalized spacial score (nSPS) is 15.5. The van der Waals surface area contributed by atoms with E-state index in [-0.39, 0.29) is 11.3 Å². The number of aromatic nitrogens is 1. The van der Waals surface area contributed by atoms with Crippen LogP contribution in [0.2, 0.25) is 0 Å². The van der Waals surface area contributed by atoms with Crippen LogP contribution in [0.3, 0.4) is 0 Å². The third kappa shape index (κ3) is 3.37. The molecule has 0 radical (unpaired) electrons. The number of imide groups is 2. The van der Waals surface area contributed by atoms with Gasteiger partial charge in [0.2, 0.25) is 0 Å². The Labute approximate surface area is 160 Å². The summed E-state index contributed by atoms with van der Waals surface area (Å²) in [7, 11) is 4.38. The van der Waals surface area contributed by atoms with Gasteiger partial charge in [-0.05, 0) is 24.3 Å². The minimum absolute atomic E-state index is 0.234. The highest BCUT2D eigenvalue weighted by molar-refractivity contribution is 6.39. The second-order valence-electron chi connectivity index (χ2n) is 5.61. The van der Waals surface area contributed by atoms with Crippen LogP contribution in [0.1, 0.15) is 5.56 Å². The van der Waals surface area contributed by atoms with Gasteiger partial charge in [0.05, 0.1) is 27.0 Å². The van der Waals surface area contributed by atoms with Gasteiger partial charge in [-0.3, -0.25) is 19.9 Å². The number of anilines is 1. The van der Waals surface area contributed by atoms with E-state index < -0.39 is 17.8 Å². The SMILES string of the molecule is COc1cc(OC)c(OC)cc1/C=C1\C(=O)NC(=O)N(c2ccncc2)C1=O. The van der Waals surface area contributed by atoms with Crippen molar-refractivity contribution in [3.8, 4) is 17.2 Å². The zero-order valence-electron chi connectivity index (χ0n) is 15.4. The standard InChI is InChI=1S/C19H17N3O6/c1-26-14-10-16(28-3)15(27-2)9-11(14)8-13-17(23)21-19(25)22(18(13)24)12-4-6-20-7-5-12/h4-10H,1-3H3,(H,21,23,25)/b13-8+. The number of nitrogens with zero attached hydrogens (tertiary/aromatic N) is 2. The average Bonchev–Trinajstić information content (AvgIpc) is 2.71. The number of barbiturate groups is 1. The Morgan fingerprint density at radius 3 is 2.14 bits per heavy atom. The second kappa shape index (κ2) is 7.78. The molecule has 9 nitrogen and oxygen atoms in total. The van der Waals surface area contributed by atoms with E-state index in [1.165, 1.54) is 51.9 Å². The Balaban J connectivity index is 2.09. The van der Waals surface area contributed by atoms with Gasteiger partial charge in [-0.15, -0.1) is 0 Å². The van der Waals surface area contributed by atoms with Crippen LogP contribution in [0, 0.1) is 0 Å². The average molecular weight is 383 g/mol. The lowest BCUT2D eigenvalue weighted by Crippen LogP contribution is -2.54. The molecular formula is C19H17N3O6. The quantitative estimate of drug-likeness (QED) is 0.619. The number of carbonyl (C=O) groups is 3. The summed E-state index contributed by atoms with van der Waals surface area (Å²) in [5.74, 6) is -0.401. The fourth-order valence-electron chi connectivity index (χ4n) is 2.71. The number of amides is 4. The summed E-state index contributed by atoms with van der Waals surface area (Å²) in [6.45, 7) is 0. The van der Waals surface area contributed by atoms with Gasteiger partial charge in [0.1, 0.15) is 11.3 Å². The molecule has 0 atom stereocenters. The summed E-state index contributed by atoms with van der Waals surface area (Å²) in [5, 5.41) is 2.16. The van der Waals surface area contributed by atoms with Crippen molar-refractivity contribution in [2.45, 2.75) is 0 Å². The van der Waals surface area contributed by atoms with Crippen molar-refractivity contribution < 1.29 is 28.6 Å². The van der Waals surface area contributed by atoms with Crippen molar-refractivity contribution in [3.05, 3.63) is 47.8 Å². The number of pyridine rings is 1. The summed E-state index contributed by atoms with van der Waals surface area (Å²) in [4.78, 5) is 42.1. The summed E-state index contributed by atoms with van der Waals surface area (Å²) < 4.78 is 15.8. The number of nitrogens with one attached hydrogen (secondary N) is 1. The molecule has 28 heavy (non-hydrogen) atoms. The van der Waals surface area contributed by atoms with E-state index in [0.29, 0.717) is 22.8 Å². The Morgan fingerprint density at radius 1 is 0.929 bits per heavy atom. The maximum absolute atomic E-state index is 12.9. The number of urea groups is 1. The molecule has 0 bridgehead atoms. The lowest BCUT2D eigenvalue weighted by Gasteiger charge is -2.26. The molecular weight excluding hydrogens is 366 g/mol. The van der Waals surface area contributed by atoms with E-state index in [2.05, 4.69) is 10.3 Å². The van der Waals surface area contributed by atoms with Crippen molar-refractivity contribution >= 4 is 29.6 Å². The fraction of sp³-hybridized carbons (Fsp3) is 0.158. The van der Waals surface area contributed by atoms with Gasteiger partial charge in [0.15, 0.2) is 11.5 Å². The molecule has 1 fully saturated rings. The van der Waals surface area contributed by atoms with Gasteiger partial charge < -0.3 is 14.2 Å². The molecule has 2 aromatic rings. The second-order valence-corrected chi connectivity index (χ2v) is 5.61. The zero-order valence-corrected chi connectivity index (χ0v) is 15.4. The van der Waals surface area contributed by atoms with E-state index in [0.717, 1.165) is 4.90 Å². The highest BCUT2D eigenvalue weighted by Gasteiger charge is 2.37. The highest BCUT2D eigenvalue weighted by atomic mass is 16.5. The van der Waals surface area contributed by atoms with Crippen LogP contribution in [0.4, 0.5) is 10.5 Å². The summed E-state index contributed by atoms with van der Waals surface area (Å²) >= 11 is 0. The van der Waals surface area contributed by atoms with Crippen molar-refractivity contribution in [1.82, 2.24) is 10.3 Å². The number of ether oxygens (including phenoxy) is 3. The van der Waals surface area contributed by atoms with E-state index in [9.17, 15) is 14.4 Å². The molecule has 9 heteroatoms. The first kappa shape index (κ1) is 18.9. The van der Waals surface area contributed by atoms with E-state index >= 15 is 0 Å². The van der Waals surface area contributed by atoms with Crippen LogP contribution >= 0.6 is 0 Å². The van der Waals surface area contributed by atoms with Crippen LogP contribution < -0.4 is 24.4 Å². The first-order chi connectivity index (χ1) is 13.5. The smallest absolute Gasteiger partial charge is 0.335 e.